The molecule has 634 valence electrons. The number of rotatable bonds is 65. The van der Waals surface area contributed by atoms with Gasteiger partial charge < -0.3 is 149 Å². The van der Waals surface area contributed by atoms with Gasteiger partial charge >= 0.3 is 117 Å². The van der Waals surface area contributed by atoms with Crippen LogP contribution in [0.1, 0.15) is 97.8 Å². The van der Waals surface area contributed by atoms with Crippen LogP contribution >= 0.6 is 0 Å². The predicted molar refractivity (Wildman–Crippen MR) is 379 cm³/mol. The molecule has 0 bridgehead atoms. The van der Waals surface area contributed by atoms with Gasteiger partial charge in [-0.3, -0.25) is 33.6 Å². The van der Waals surface area contributed by atoms with Crippen molar-refractivity contribution in [1.82, 2.24) is 37.2 Å². The molecule has 7 amide bonds. The molecule has 109 heavy (non-hydrogen) atoms. The Morgan fingerprint density at radius 2 is 0.688 bits per heavy atom. The summed E-state index contributed by atoms with van der Waals surface area (Å²) < 4.78 is 90.8. The zero-order valence-electron chi connectivity index (χ0n) is 63.1. The molecule has 3 aliphatic rings. The van der Waals surface area contributed by atoms with Gasteiger partial charge in [0.05, 0.1) is 139 Å². The smallest absolute Gasteiger partial charge is 0.394 e. The Balaban J connectivity index is 1.46. The summed E-state index contributed by atoms with van der Waals surface area (Å²) in [5.74, 6) is -3.66. The molecule has 0 aromatic rings. The van der Waals surface area contributed by atoms with Crippen molar-refractivity contribution in [3.05, 3.63) is 0 Å². The van der Waals surface area contributed by atoms with E-state index in [4.69, 9.17) is 73.8 Å². The van der Waals surface area contributed by atoms with Crippen LogP contribution in [0.2, 0.25) is 4.58 Å². The fourth-order valence-corrected chi connectivity index (χ4v) is 12.3. The van der Waals surface area contributed by atoms with Crippen LogP contribution in [0.5, 0.6) is 0 Å². The molecular weight excluding hydrogens is 1650 g/mol. The Morgan fingerprint density at radius 3 is 1.04 bits per heavy atom. The number of carbonyl (C=O) groups is 8. The first-order valence-electron chi connectivity index (χ1n) is 37.1. The van der Waals surface area contributed by atoms with Crippen molar-refractivity contribution in [1.29, 1.82) is 0 Å². The molecule has 16 N–H and O–H groups in total. The molecule has 3 saturated heterocycles. The number of hydrogen-bond acceptors (Lipinski definition) is 33. The molecule has 17 atom stereocenters. The Bertz CT molecular complexity index is 2480. The van der Waals surface area contributed by atoms with Crippen LogP contribution in [0.25, 0.3) is 0 Å². The third-order valence-corrected chi connectivity index (χ3v) is 18.4. The summed E-state index contributed by atoms with van der Waals surface area (Å²) in [6.45, 7) is 3.83. The standard InChI is InChI=1S/C67H120N7O33.CH3.Po/c1-43(79)70-55-61(89)58(86)49(37-76)105-65(55)102-34-31-96-22-19-93-25-28-99-40-52(83)68-16-10-8-13-46(48(82)15-7-5-4-6-12-18-75)74-64(92)47(73-54(85)42-101-30-27-95-21-24-98-33-36-104-67-57(72-45(3)81)63(91)60(88)51(39-78)107-67)14-9-11-17-69-53(84)41-100-29-26-94-20-23-97-32-35-103-66-56(71-44(2)80)62(90)59(87)50(38-77)106-66;;/h46-47,49-51,55-63,65-67,76-78,86-91H,4-42H2,1-3H3,(H,68,83)(H,69,84)(H,70,79)(H,71,80)(H,72,81)(H,73,85)(H,74,92);1H3;/q-1;;+1/t46?,47?,49?,50?,51?,55?,56?,57?,58-,59-,60-,61+,62+,63+,65+,66+,67+;;/m0../s1. The monoisotopic (exact) mass is 1770 g/mol. The summed E-state index contributed by atoms with van der Waals surface area (Å²) in [7, 11) is 0. The summed E-state index contributed by atoms with van der Waals surface area (Å²) >= 11 is -0.712. The average molecular weight is 1780 g/mol. The zero-order chi connectivity index (χ0) is 80.0. The quantitative estimate of drug-likeness (QED) is 0.0252. The van der Waals surface area contributed by atoms with Gasteiger partial charge in [-0.25, -0.2) is 0 Å². The van der Waals surface area contributed by atoms with Crippen molar-refractivity contribution < 1.29 is 158 Å². The first-order valence-corrected chi connectivity index (χ1v) is 41.6. The van der Waals surface area contributed by atoms with Crippen molar-refractivity contribution in [2.24, 2.45) is 0 Å². The Labute approximate surface area is 648 Å². The molecule has 8 unspecified atom stereocenters. The maximum atomic E-state index is 14.2. The number of Topliss-reactive ketones (excluding diaryl/α,β-unsaturated/α-hetero) is 1. The fourth-order valence-electron chi connectivity index (χ4n) is 11.2. The van der Waals surface area contributed by atoms with E-state index in [1.807, 2.05) is 0 Å². The fraction of sp³-hybridized carbons (Fsp3) is 0.882. The Morgan fingerprint density at radius 1 is 0.367 bits per heavy atom. The van der Waals surface area contributed by atoms with E-state index < -0.39 is 190 Å². The van der Waals surface area contributed by atoms with E-state index in [1.165, 1.54) is 20.8 Å². The first-order chi connectivity index (χ1) is 52.6. The van der Waals surface area contributed by atoms with E-state index in [0.29, 0.717) is 32.1 Å². The van der Waals surface area contributed by atoms with E-state index in [1.54, 1.807) is 0 Å². The van der Waals surface area contributed by atoms with Crippen LogP contribution in [0.4, 0.5) is 0 Å². The Hall–Kier alpha value is -4.14. The van der Waals surface area contributed by atoms with Gasteiger partial charge in [-0.1, -0.05) is 0 Å². The van der Waals surface area contributed by atoms with E-state index in [0.717, 1.165) is 32.3 Å². The van der Waals surface area contributed by atoms with Crippen LogP contribution in [0.3, 0.4) is 0 Å². The molecule has 3 aliphatic heterocycles. The number of amides is 7. The van der Waals surface area contributed by atoms with Crippen LogP contribution < -0.4 is 37.2 Å². The summed E-state index contributed by atoms with van der Waals surface area (Å²) in [6, 6.07) is -5.31. The van der Waals surface area contributed by atoms with Crippen LogP contribution in [0.15, 0.2) is 0 Å². The average Bonchev–Trinajstić information content (AvgIpc) is 0.822. The van der Waals surface area contributed by atoms with Crippen molar-refractivity contribution in [3.8, 4) is 0 Å². The van der Waals surface area contributed by atoms with Gasteiger partial charge in [0.25, 0.3) is 0 Å². The van der Waals surface area contributed by atoms with Gasteiger partial charge in [-0.15, -0.1) is 0 Å². The number of unbranched alkanes of at least 4 members (excludes halogenated alkanes) is 6. The van der Waals surface area contributed by atoms with Gasteiger partial charge in [0.15, 0.2) is 18.9 Å². The number of ketones is 1. The molecule has 0 spiro atoms. The molecule has 3 heterocycles. The summed E-state index contributed by atoms with van der Waals surface area (Å²) in [5, 5.41) is 109. The van der Waals surface area contributed by atoms with Gasteiger partial charge in [0.2, 0.25) is 35.4 Å². The van der Waals surface area contributed by atoms with Crippen molar-refractivity contribution in [3.63, 3.8) is 0 Å². The second-order valence-electron chi connectivity index (χ2n) is 25.6. The van der Waals surface area contributed by atoms with Gasteiger partial charge in [-0.05, 0) is 25.7 Å². The number of aliphatic hydroxyl groups is 9. The topological polar surface area (TPSA) is 551 Å². The summed E-state index contributed by atoms with van der Waals surface area (Å²) in [4.78, 5) is 102. The number of aliphatic hydroxyl groups excluding tert-OH is 9. The summed E-state index contributed by atoms with van der Waals surface area (Å²) in [5.41, 5.74) is 0. The molecule has 3 fully saturated rings. The van der Waals surface area contributed by atoms with Gasteiger partial charge in [-0.2, -0.15) is 0 Å². The molecule has 0 saturated carbocycles. The van der Waals surface area contributed by atoms with E-state index in [2.05, 4.69) is 41.8 Å². The number of hydrogen-bond donors (Lipinski definition) is 16. The molecular formula is C68H123N7O33Po. The number of nitrogens with one attached hydrogen (secondary N) is 7. The minimum Gasteiger partial charge on any atom is -0.394 e. The number of carbonyl (C=O) groups excluding carboxylic acids is 8. The SMILES string of the molecule is [CH3][Po][O]CCCCCCCC(=O)C(CCCCNC(=O)COCCOCCOCCO[C@@H]1OC(CO)[C@H](O)[C@H](O)C1NC(C)=O)NC(=O)C(CCCCNC(=O)COCCOCCOCCO[C@@H]1OC(CO)[C@H](O)[C@H](O)C1NC(C)=O)NC(=O)COCCOCCOCCO[C@@H]1OC(CO)[C@H](O)[C@H](O)C1NC(C)=O. The van der Waals surface area contributed by atoms with Crippen molar-refractivity contribution >= 4 is 71.1 Å². The molecule has 0 aliphatic carbocycles. The van der Waals surface area contributed by atoms with Gasteiger partial charge in [0, 0.05) is 33.9 Å². The number of ether oxygens (including phenoxy) is 15. The zero-order valence-corrected chi connectivity index (χ0v) is 66.3. The minimum atomic E-state index is -1.46. The third kappa shape index (κ3) is 43.2. The summed E-state index contributed by atoms with van der Waals surface area (Å²) in [6.07, 6.45) is -9.20. The van der Waals surface area contributed by atoms with Gasteiger partial charge in [0.1, 0.15) is 98.9 Å². The maximum absolute atomic E-state index is 14.2. The van der Waals surface area contributed by atoms with E-state index in [-0.39, 0.29) is 176 Å². The molecule has 0 aromatic carbocycles. The van der Waals surface area contributed by atoms with E-state index in [9.17, 15) is 84.3 Å². The molecule has 41 heteroatoms. The second kappa shape index (κ2) is 61.3. The predicted octanol–water partition coefficient (Wildman–Crippen LogP) is -6.85. The van der Waals surface area contributed by atoms with Crippen LogP contribution in [0, 0.1) is 0 Å². The Kier molecular flexibility index (Phi) is 55.7. The normalized spacial score (nSPS) is 24.7. The second-order valence-corrected chi connectivity index (χ2v) is 27.8. The van der Waals surface area contributed by atoms with E-state index >= 15 is 0 Å². The van der Waals surface area contributed by atoms with Crippen molar-refractivity contribution in [2.75, 3.05) is 178 Å². The molecule has 0 aromatic heterocycles. The van der Waals surface area contributed by atoms with Crippen LogP contribution in [-0.2, 0) is 112 Å². The van der Waals surface area contributed by atoms with Crippen molar-refractivity contribution in [2.45, 2.75) is 206 Å². The van der Waals surface area contributed by atoms with Crippen LogP contribution in [-0.4, -0.2) is 399 Å². The molecule has 3 rings (SSSR count). The molecule has 40 nitrogen and oxygen atoms in total. The molecule has 0 radical (unpaired) electrons. The minimum absolute atomic E-state index is 0.00630. The first kappa shape index (κ1) is 99.1. The third-order valence-electron chi connectivity index (χ3n) is 16.8.